The van der Waals surface area contributed by atoms with E-state index >= 15 is 0 Å². The molecule has 32 heavy (non-hydrogen) atoms. The molecular formula is C29H41NO2. The van der Waals surface area contributed by atoms with Gasteiger partial charge in [-0.15, -0.1) is 0 Å². The third-order valence-electron chi connectivity index (χ3n) is 6.97. The second kappa shape index (κ2) is 10.7. The van der Waals surface area contributed by atoms with E-state index in [-0.39, 0.29) is 17.6 Å². The fraction of sp³-hybridized carbons (Fsp3) is 0.586. The van der Waals surface area contributed by atoms with Gasteiger partial charge in [0.15, 0.2) is 0 Å². The van der Waals surface area contributed by atoms with E-state index in [4.69, 9.17) is 0 Å². The Hall–Kier alpha value is -2.00. The highest BCUT2D eigenvalue weighted by Crippen LogP contribution is 2.33. The summed E-state index contributed by atoms with van der Waals surface area (Å²) in [5, 5.41) is 5.92. The van der Waals surface area contributed by atoms with Gasteiger partial charge in [-0.1, -0.05) is 77.1 Å². The number of rotatable bonds is 9. The summed E-state index contributed by atoms with van der Waals surface area (Å²) in [4.78, 5) is 26.5. The van der Waals surface area contributed by atoms with Gasteiger partial charge in [-0.3, -0.25) is 9.59 Å². The van der Waals surface area contributed by atoms with Crippen LogP contribution in [0.15, 0.2) is 42.5 Å². The van der Waals surface area contributed by atoms with Crippen LogP contribution in [0.5, 0.6) is 0 Å². The molecule has 0 bridgehead atoms. The first kappa shape index (κ1) is 24.6. The molecule has 174 valence electrons. The molecule has 1 fully saturated rings. The molecule has 0 radical (unpaired) electrons. The number of Topliss-reactive ketones (excluding diaryl/α,β-unsaturated/α-hetero) is 2. The van der Waals surface area contributed by atoms with Gasteiger partial charge in [0.25, 0.3) is 0 Å². The standard InChI is InChI=1S/C29H41NO2/c1-20(2)30-19-21-10-14-24(15-11-21)27(31)18-26(28(32)29(3,4)5)17-22-12-13-23-8-6-7-9-25(23)16-22/h6-9,12-13,16,20-21,24,26,30H,10-11,14-15,17-19H2,1-5H3. The number of nitrogens with one attached hydrogen (secondary N) is 1. The molecule has 1 aliphatic carbocycles. The minimum atomic E-state index is -0.442. The zero-order valence-corrected chi connectivity index (χ0v) is 20.6. The van der Waals surface area contributed by atoms with E-state index in [1.165, 1.54) is 10.8 Å². The molecule has 3 rings (SSSR count). The van der Waals surface area contributed by atoms with Crippen molar-refractivity contribution >= 4 is 22.3 Å². The summed E-state index contributed by atoms with van der Waals surface area (Å²) in [6.07, 6.45) is 5.17. The lowest BCUT2D eigenvalue weighted by atomic mass is 9.74. The molecule has 0 aromatic heterocycles. The topological polar surface area (TPSA) is 46.2 Å². The monoisotopic (exact) mass is 435 g/mol. The Morgan fingerprint density at radius 2 is 1.62 bits per heavy atom. The maximum Gasteiger partial charge on any atom is 0.142 e. The summed E-state index contributed by atoms with van der Waals surface area (Å²) in [5.74, 6) is 1.05. The van der Waals surface area contributed by atoms with E-state index < -0.39 is 5.41 Å². The van der Waals surface area contributed by atoms with Gasteiger partial charge in [0.05, 0.1) is 0 Å². The predicted octanol–water partition coefficient (Wildman–Crippen LogP) is 6.38. The number of carbonyl (C=O) groups excluding carboxylic acids is 2. The molecule has 0 amide bonds. The Morgan fingerprint density at radius 3 is 2.25 bits per heavy atom. The molecule has 2 aromatic rings. The van der Waals surface area contributed by atoms with Gasteiger partial charge in [-0.05, 0) is 60.9 Å². The number of hydrogen-bond acceptors (Lipinski definition) is 3. The molecule has 0 saturated heterocycles. The van der Waals surface area contributed by atoms with Gasteiger partial charge in [-0.2, -0.15) is 0 Å². The molecular weight excluding hydrogens is 394 g/mol. The normalized spacial score (nSPS) is 20.4. The number of carbonyl (C=O) groups is 2. The van der Waals surface area contributed by atoms with Crippen LogP contribution < -0.4 is 5.32 Å². The summed E-state index contributed by atoms with van der Waals surface area (Å²) < 4.78 is 0. The van der Waals surface area contributed by atoms with Crippen LogP contribution in [0, 0.1) is 23.2 Å². The average molecular weight is 436 g/mol. The van der Waals surface area contributed by atoms with Gasteiger partial charge in [0.2, 0.25) is 0 Å². The molecule has 3 heteroatoms. The smallest absolute Gasteiger partial charge is 0.142 e. The van der Waals surface area contributed by atoms with Crippen LogP contribution in [0.3, 0.4) is 0 Å². The van der Waals surface area contributed by atoms with Crippen molar-refractivity contribution < 1.29 is 9.59 Å². The first-order valence-corrected chi connectivity index (χ1v) is 12.4. The molecule has 1 unspecified atom stereocenters. The number of fused-ring (bicyclic) bond motifs is 1. The minimum Gasteiger partial charge on any atom is -0.314 e. The Morgan fingerprint density at radius 1 is 0.969 bits per heavy atom. The van der Waals surface area contributed by atoms with Crippen molar-refractivity contribution in [3.8, 4) is 0 Å². The van der Waals surface area contributed by atoms with Crippen LogP contribution >= 0.6 is 0 Å². The predicted molar refractivity (Wildman–Crippen MR) is 134 cm³/mol. The minimum absolute atomic E-state index is 0.122. The third kappa shape index (κ3) is 6.75. The fourth-order valence-electron chi connectivity index (χ4n) is 5.02. The molecule has 1 atom stereocenters. The van der Waals surface area contributed by atoms with E-state index in [0.717, 1.165) is 37.8 Å². The molecule has 1 aliphatic rings. The van der Waals surface area contributed by atoms with Crippen molar-refractivity contribution in [3.05, 3.63) is 48.0 Å². The van der Waals surface area contributed by atoms with Crippen molar-refractivity contribution in [3.63, 3.8) is 0 Å². The summed E-state index contributed by atoms with van der Waals surface area (Å²) in [5.41, 5.74) is 0.699. The highest BCUT2D eigenvalue weighted by molar-refractivity contribution is 5.92. The SMILES string of the molecule is CC(C)NCC1CCC(C(=O)CC(Cc2ccc3ccccc3c2)C(=O)C(C)(C)C)CC1. The van der Waals surface area contributed by atoms with Gasteiger partial charge < -0.3 is 5.32 Å². The van der Waals surface area contributed by atoms with Crippen molar-refractivity contribution in [1.82, 2.24) is 5.32 Å². The molecule has 1 saturated carbocycles. The quantitative estimate of drug-likeness (QED) is 0.497. The van der Waals surface area contributed by atoms with Gasteiger partial charge in [-0.25, -0.2) is 0 Å². The highest BCUT2D eigenvalue weighted by Gasteiger charge is 2.34. The number of hydrogen-bond donors (Lipinski definition) is 1. The van der Waals surface area contributed by atoms with Gasteiger partial charge >= 0.3 is 0 Å². The molecule has 3 nitrogen and oxygen atoms in total. The summed E-state index contributed by atoms with van der Waals surface area (Å²) in [6.45, 7) is 11.3. The second-order valence-electron chi connectivity index (χ2n) is 11.1. The van der Waals surface area contributed by atoms with Gasteiger partial charge in [0.1, 0.15) is 11.6 Å². The first-order chi connectivity index (χ1) is 15.1. The van der Waals surface area contributed by atoms with E-state index in [9.17, 15) is 9.59 Å². The maximum absolute atomic E-state index is 13.3. The van der Waals surface area contributed by atoms with Crippen LogP contribution in [0.2, 0.25) is 0 Å². The summed E-state index contributed by atoms with van der Waals surface area (Å²) in [6, 6.07) is 15.2. The lowest BCUT2D eigenvalue weighted by Crippen LogP contribution is -2.35. The highest BCUT2D eigenvalue weighted by atomic mass is 16.1. The van der Waals surface area contributed by atoms with E-state index in [2.05, 4.69) is 49.5 Å². The lowest BCUT2D eigenvalue weighted by Gasteiger charge is -2.30. The Bertz CT molecular complexity index is 916. The number of ketones is 2. The Labute approximate surface area is 194 Å². The first-order valence-electron chi connectivity index (χ1n) is 12.4. The van der Waals surface area contributed by atoms with Crippen LogP contribution in [0.25, 0.3) is 10.8 Å². The summed E-state index contributed by atoms with van der Waals surface area (Å²) >= 11 is 0. The largest absolute Gasteiger partial charge is 0.314 e. The average Bonchev–Trinajstić information content (AvgIpc) is 2.76. The molecule has 0 heterocycles. The molecule has 1 N–H and O–H groups in total. The zero-order chi connectivity index (χ0) is 23.3. The third-order valence-corrected chi connectivity index (χ3v) is 6.97. The van der Waals surface area contributed by atoms with Crippen LogP contribution in [0.1, 0.15) is 72.3 Å². The van der Waals surface area contributed by atoms with Crippen molar-refractivity contribution in [1.29, 1.82) is 0 Å². The van der Waals surface area contributed by atoms with Crippen LogP contribution in [-0.4, -0.2) is 24.2 Å². The summed E-state index contributed by atoms with van der Waals surface area (Å²) in [7, 11) is 0. The van der Waals surface area contributed by atoms with Crippen molar-refractivity contribution in [2.75, 3.05) is 6.54 Å². The van der Waals surface area contributed by atoms with E-state index in [0.29, 0.717) is 30.6 Å². The maximum atomic E-state index is 13.3. The van der Waals surface area contributed by atoms with Crippen LogP contribution in [-0.2, 0) is 16.0 Å². The molecule has 2 aromatic carbocycles. The van der Waals surface area contributed by atoms with E-state index in [1.807, 2.05) is 32.9 Å². The molecule has 0 aliphatic heterocycles. The van der Waals surface area contributed by atoms with E-state index in [1.54, 1.807) is 0 Å². The lowest BCUT2D eigenvalue weighted by molar-refractivity contribution is -0.135. The van der Waals surface area contributed by atoms with Crippen LogP contribution in [0.4, 0.5) is 0 Å². The Balaban J connectivity index is 1.66. The van der Waals surface area contributed by atoms with Crippen molar-refractivity contribution in [2.24, 2.45) is 23.2 Å². The molecule has 0 spiro atoms. The van der Waals surface area contributed by atoms with Crippen molar-refractivity contribution in [2.45, 2.75) is 79.2 Å². The Kier molecular flexibility index (Phi) is 8.27. The van der Waals surface area contributed by atoms with Gasteiger partial charge in [0, 0.05) is 29.7 Å². The second-order valence-corrected chi connectivity index (χ2v) is 11.1. The number of benzene rings is 2. The zero-order valence-electron chi connectivity index (χ0n) is 20.6. The fourth-order valence-corrected chi connectivity index (χ4v) is 5.02.